The summed E-state index contributed by atoms with van der Waals surface area (Å²) in [7, 11) is 0. The molecule has 0 aromatic heterocycles. The molecule has 1 N–H and O–H groups in total. The Morgan fingerprint density at radius 3 is 1.58 bits per heavy atom. The van der Waals surface area contributed by atoms with E-state index in [1.165, 1.54) is 11.1 Å². The van der Waals surface area contributed by atoms with Gasteiger partial charge in [-0.25, -0.2) is 0 Å². The minimum absolute atomic E-state index is 0.260. The van der Waals surface area contributed by atoms with Gasteiger partial charge >= 0.3 is 0 Å². The Morgan fingerprint density at radius 2 is 1.05 bits per heavy atom. The zero-order chi connectivity index (χ0) is 13.1. The van der Waals surface area contributed by atoms with Crippen molar-refractivity contribution >= 4 is 0 Å². The number of phenolic OH excluding ortho intramolecular Hbond substituents is 1. The highest BCUT2D eigenvalue weighted by atomic mass is 16.3. The summed E-state index contributed by atoms with van der Waals surface area (Å²) in [5.41, 5.74) is 4.31. The molecule has 0 heterocycles. The molecule has 0 unspecified atom stereocenters. The van der Waals surface area contributed by atoms with Gasteiger partial charge in [0.1, 0.15) is 5.75 Å². The second kappa shape index (κ2) is 4.88. The third-order valence-corrected chi connectivity index (χ3v) is 2.99. The summed E-state index contributed by atoms with van der Waals surface area (Å²) in [5.74, 6) is 6.48. The number of hydrogen-bond acceptors (Lipinski definition) is 1. The van der Waals surface area contributed by atoms with Crippen LogP contribution in [-0.4, -0.2) is 5.11 Å². The first-order valence-corrected chi connectivity index (χ1v) is 6.11. The van der Waals surface area contributed by atoms with Crippen LogP contribution in [0.2, 0.25) is 0 Å². The second-order valence-corrected chi connectivity index (χ2v) is 4.36. The number of aromatic hydroxyl groups is 1. The molecule has 1 aromatic carbocycles. The van der Waals surface area contributed by atoms with Gasteiger partial charge in [0.05, 0.1) is 0 Å². The molecule has 0 spiro atoms. The molecular weight excluding hydrogens is 232 g/mol. The van der Waals surface area contributed by atoms with Crippen LogP contribution in [0, 0.1) is 11.8 Å². The normalized spacial score (nSPS) is 9.89. The van der Waals surface area contributed by atoms with Crippen molar-refractivity contribution in [2.75, 3.05) is 0 Å². The Morgan fingerprint density at radius 1 is 0.579 bits per heavy atom. The molecule has 3 rings (SSSR count). The molecule has 1 heteroatoms. The first-order valence-electron chi connectivity index (χ1n) is 6.11. The van der Waals surface area contributed by atoms with Crippen molar-refractivity contribution in [3.63, 3.8) is 0 Å². The highest BCUT2D eigenvalue weighted by Crippen LogP contribution is 2.21. The van der Waals surface area contributed by atoms with E-state index in [0.29, 0.717) is 0 Å². The number of benzene rings is 1. The maximum atomic E-state index is 9.21. The fraction of sp³-hybridized carbons (Fsp3) is 0. The third kappa shape index (κ3) is 2.59. The quantitative estimate of drug-likeness (QED) is 0.595. The van der Waals surface area contributed by atoms with E-state index >= 15 is 0 Å². The van der Waals surface area contributed by atoms with Crippen LogP contribution in [0.25, 0.3) is 11.1 Å². The molecule has 2 aliphatic rings. The van der Waals surface area contributed by atoms with Crippen molar-refractivity contribution < 1.29 is 5.11 Å². The van der Waals surface area contributed by atoms with Crippen LogP contribution < -0.4 is 0 Å². The SMILES string of the molecule is Oc1ccc(C#Cc2ccc3cccc-3cc2)cc1. The minimum Gasteiger partial charge on any atom is -0.508 e. The van der Waals surface area contributed by atoms with Gasteiger partial charge < -0.3 is 5.11 Å². The standard InChI is InChI=1S/C18H12O/c19-18-12-8-15(9-13-18)5-4-14-6-10-16-2-1-3-17(16)11-7-14/h1-3,6-13,19H. The van der Waals surface area contributed by atoms with Gasteiger partial charge in [-0.3, -0.25) is 0 Å². The molecule has 0 bridgehead atoms. The van der Waals surface area contributed by atoms with Crippen molar-refractivity contribution in [1.82, 2.24) is 0 Å². The Bertz CT molecular complexity index is 699. The van der Waals surface area contributed by atoms with E-state index in [0.717, 1.165) is 11.1 Å². The summed E-state index contributed by atoms with van der Waals surface area (Å²) < 4.78 is 0. The predicted octanol–water partition coefficient (Wildman–Crippen LogP) is 3.90. The van der Waals surface area contributed by atoms with Crippen LogP contribution in [0.15, 0.2) is 66.7 Å². The molecule has 0 atom stereocenters. The molecule has 0 fully saturated rings. The Hall–Kier alpha value is -2.72. The zero-order valence-electron chi connectivity index (χ0n) is 10.3. The maximum Gasteiger partial charge on any atom is 0.115 e. The van der Waals surface area contributed by atoms with Gasteiger partial charge in [0.15, 0.2) is 0 Å². The second-order valence-electron chi connectivity index (χ2n) is 4.36. The first-order chi connectivity index (χ1) is 9.31. The molecule has 0 aliphatic heterocycles. The number of fused-ring (bicyclic) bond motifs is 1. The topological polar surface area (TPSA) is 20.2 Å². The lowest BCUT2D eigenvalue weighted by Crippen LogP contribution is -1.73. The van der Waals surface area contributed by atoms with Gasteiger partial charge in [0.25, 0.3) is 0 Å². The molecule has 19 heavy (non-hydrogen) atoms. The van der Waals surface area contributed by atoms with Gasteiger partial charge in [0.2, 0.25) is 0 Å². The van der Waals surface area contributed by atoms with Crippen LogP contribution >= 0.6 is 0 Å². The minimum atomic E-state index is 0.260. The van der Waals surface area contributed by atoms with Gasteiger partial charge in [-0.2, -0.15) is 0 Å². The monoisotopic (exact) mass is 244 g/mol. The van der Waals surface area contributed by atoms with Gasteiger partial charge in [-0.15, -0.1) is 0 Å². The van der Waals surface area contributed by atoms with Crippen LogP contribution in [0.5, 0.6) is 5.75 Å². The van der Waals surface area contributed by atoms with E-state index in [1.807, 2.05) is 30.3 Å². The van der Waals surface area contributed by atoms with E-state index in [-0.39, 0.29) is 5.75 Å². The first kappa shape index (κ1) is 11.4. The van der Waals surface area contributed by atoms with Crippen LogP contribution in [0.3, 0.4) is 0 Å². The largest absolute Gasteiger partial charge is 0.508 e. The Kier molecular flexibility index (Phi) is 2.92. The highest BCUT2D eigenvalue weighted by molar-refractivity contribution is 5.66. The molecule has 0 radical (unpaired) electrons. The van der Waals surface area contributed by atoms with Crippen molar-refractivity contribution in [3.8, 4) is 28.7 Å². The lowest BCUT2D eigenvalue weighted by molar-refractivity contribution is 0.475. The molecule has 0 saturated carbocycles. The van der Waals surface area contributed by atoms with Crippen LogP contribution in [0.4, 0.5) is 0 Å². The van der Waals surface area contributed by atoms with E-state index < -0.39 is 0 Å². The molecule has 0 amide bonds. The van der Waals surface area contributed by atoms with Crippen LogP contribution in [-0.2, 0) is 0 Å². The van der Waals surface area contributed by atoms with Crippen molar-refractivity contribution in [2.45, 2.75) is 0 Å². The highest BCUT2D eigenvalue weighted by Gasteiger charge is 1.97. The third-order valence-electron chi connectivity index (χ3n) is 2.99. The van der Waals surface area contributed by atoms with Crippen molar-refractivity contribution in [1.29, 1.82) is 0 Å². The Balaban J connectivity index is 1.93. The maximum absolute atomic E-state index is 9.21. The summed E-state index contributed by atoms with van der Waals surface area (Å²) in [5, 5.41) is 9.21. The summed E-state index contributed by atoms with van der Waals surface area (Å²) in [6, 6.07) is 21.3. The number of rotatable bonds is 0. The average molecular weight is 244 g/mol. The number of hydrogen-bond donors (Lipinski definition) is 1. The predicted molar refractivity (Wildman–Crippen MR) is 77.2 cm³/mol. The molecule has 1 nitrogen and oxygen atoms in total. The molecule has 1 aromatic rings. The van der Waals surface area contributed by atoms with E-state index in [1.54, 1.807) is 12.1 Å². The fourth-order valence-corrected chi connectivity index (χ4v) is 1.94. The summed E-state index contributed by atoms with van der Waals surface area (Å²) >= 11 is 0. The van der Waals surface area contributed by atoms with Gasteiger partial charge in [-0.1, -0.05) is 42.2 Å². The zero-order valence-corrected chi connectivity index (χ0v) is 10.3. The fourth-order valence-electron chi connectivity index (χ4n) is 1.94. The average Bonchev–Trinajstić information content (AvgIpc) is 2.79. The number of phenols is 1. The summed E-state index contributed by atoms with van der Waals surface area (Å²) in [4.78, 5) is 0. The lowest BCUT2D eigenvalue weighted by atomic mass is 10.2. The van der Waals surface area contributed by atoms with E-state index in [2.05, 4.69) is 36.1 Å². The Labute approximate surface area is 112 Å². The summed E-state index contributed by atoms with van der Waals surface area (Å²) in [6.45, 7) is 0. The van der Waals surface area contributed by atoms with E-state index in [4.69, 9.17) is 0 Å². The molecule has 2 aliphatic carbocycles. The van der Waals surface area contributed by atoms with Crippen molar-refractivity contribution in [3.05, 3.63) is 77.9 Å². The van der Waals surface area contributed by atoms with Crippen LogP contribution in [0.1, 0.15) is 11.1 Å². The smallest absolute Gasteiger partial charge is 0.115 e. The van der Waals surface area contributed by atoms with Gasteiger partial charge in [-0.05, 0) is 47.5 Å². The van der Waals surface area contributed by atoms with E-state index in [9.17, 15) is 5.11 Å². The lowest BCUT2D eigenvalue weighted by Gasteiger charge is -1.90. The van der Waals surface area contributed by atoms with Crippen molar-refractivity contribution in [2.24, 2.45) is 0 Å². The molecule has 0 saturated heterocycles. The molecule has 90 valence electrons. The molecular formula is C18H12O. The summed E-state index contributed by atoms with van der Waals surface area (Å²) in [6.07, 6.45) is 0. The van der Waals surface area contributed by atoms with Gasteiger partial charge in [0, 0.05) is 11.1 Å².